The van der Waals surface area contributed by atoms with E-state index in [4.69, 9.17) is 0 Å². The van der Waals surface area contributed by atoms with E-state index in [-0.39, 0.29) is 37.2 Å². The van der Waals surface area contributed by atoms with E-state index < -0.39 is 16.1 Å². The maximum absolute atomic E-state index is 13.9. The fraction of sp³-hybridized carbons (Fsp3) is 0.394. The molecule has 0 fully saturated rings. The molecule has 0 aliphatic rings. The molecule has 0 heterocycles. The summed E-state index contributed by atoms with van der Waals surface area (Å²) in [6, 6.07) is 24.2. The Morgan fingerprint density at radius 2 is 1.46 bits per heavy atom. The van der Waals surface area contributed by atoms with E-state index in [2.05, 4.69) is 5.32 Å². The molecule has 3 rings (SSSR count). The molecule has 3 aromatic carbocycles. The van der Waals surface area contributed by atoms with Crippen LogP contribution in [0.2, 0.25) is 0 Å². The first-order chi connectivity index (χ1) is 19.5. The molecule has 3 aromatic rings. The van der Waals surface area contributed by atoms with Crippen molar-refractivity contribution in [3.63, 3.8) is 0 Å². The summed E-state index contributed by atoms with van der Waals surface area (Å²) in [5.74, 6) is -0.120. The summed E-state index contributed by atoms with van der Waals surface area (Å²) in [6.07, 6.45) is 1.98. The molecule has 1 atom stereocenters. The Morgan fingerprint density at radius 1 is 0.854 bits per heavy atom. The first-order valence-electron chi connectivity index (χ1n) is 14.2. The molecule has 0 spiro atoms. The number of anilines is 1. The van der Waals surface area contributed by atoms with Crippen LogP contribution in [0, 0.1) is 19.8 Å². The van der Waals surface area contributed by atoms with Gasteiger partial charge in [-0.25, -0.2) is 8.42 Å². The van der Waals surface area contributed by atoms with E-state index in [1.165, 1.54) is 10.6 Å². The van der Waals surface area contributed by atoms with Crippen molar-refractivity contribution >= 4 is 27.5 Å². The lowest BCUT2D eigenvalue weighted by Gasteiger charge is -2.32. The molecule has 7 nitrogen and oxygen atoms in total. The van der Waals surface area contributed by atoms with Crippen molar-refractivity contribution in [2.75, 3.05) is 23.7 Å². The van der Waals surface area contributed by atoms with Crippen LogP contribution in [0.15, 0.2) is 78.9 Å². The van der Waals surface area contributed by atoms with Crippen LogP contribution in [0.25, 0.3) is 0 Å². The van der Waals surface area contributed by atoms with Crippen molar-refractivity contribution < 1.29 is 18.0 Å². The minimum Gasteiger partial charge on any atom is -0.354 e. The number of carbonyl (C=O) groups excluding carboxylic acids is 2. The third-order valence-corrected chi connectivity index (χ3v) is 8.33. The monoisotopic (exact) mass is 577 g/mol. The number of benzene rings is 3. The number of rotatable bonds is 14. The Morgan fingerprint density at radius 3 is 2.05 bits per heavy atom. The van der Waals surface area contributed by atoms with Crippen molar-refractivity contribution in [3.8, 4) is 0 Å². The third-order valence-electron chi connectivity index (χ3n) is 7.15. The van der Waals surface area contributed by atoms with Crippen molar-refractivity contribution in [2.24, 2.45) is 5.92 Å². The summed E-state index contributed by atoms with van der Waals surface area (Å²) >= 11 is 0. The van der Waals surface area contributed by atoms with E-state index in [0.717, 1.165) is 22.3 Å². The van der Waals surface area contributed by atoms with Crippen LogP contribution in [0.3, 0.4) is 0 Å². The standard InChI is InChI=1S/C33H43N3O4S/c1-25(2)23-34-33(38)31(22-28-15-8-6-9-16-28)35(24-29-17-10-7-11-18-29)32(37)20-13-21-36(41(5,39)40)30-19-12-14-26(3)27(30)4/h6-12,14-19,25,31H,13,20-24H2,1-5H3,(H,34,38)/t31-/m1/s1. The zero-order valence-electron chi connectivity index (χ0n) is 24.8. The molecule has 2 amide bonds. The zero-order chi connectivity index (χ0) is 30.0. The van der Waals surface area contributed by atoms with Crippen molar-refractivity contribution in [1.29, 1.82) is 0 Å². The van der Waals surface area contributed by atoms with Crippen LogP contribution in [-0.2, 0) is 32.6 Å². The smallest absolute Gasteiger partial charge is 0.243 e. The third kappa shape index (κ3) is 9.46. The van der Waals surface area contributed by atoms with Crippen molar-refractivity contribution in [1.82, 2.24) is 10.2 Å². The summed E-state index contributed by atoms with van der Waals surface area (Å²) in [4.78, 5) is 29.1. The maximum atomic E-state index is 13.9. The number of carbonyl (C=O) groups is 2. The molecule has 0 radical (unpaired) electrons. The summed E-state index contributed by atoms with van der Waals surface area (Å²) in [7, 11) is -3.57. The molecule has 0 aromatic heterocycles. The van der Waals surface area contributed by atoms with E-state index >= 15 is 0 Å². The van der Waals surface area contributed by atoms with E-state index in [9.17, 15) is 18.0 Å². The van der Waals surface area contributed by atoms with Crippen molar-refractivity contribution in [3.05, 3.63) is 101 Å². The van der Waals surface area contributed by atoms with E-state index in [1.54, 1.807) is 11.0 Å². The van der Waals surface area contributed by atoms with Gasteiger partial charge in [-0.1, -0.05) is 86.6 Å². The Balaban J connectivity index is 1.87. The topological polar surface area (TPSA) is 86.8 Å². The fourth-order valence-corrected chi connectivity index (χ4v) is 5.76. The maximum Gasteiger partial charge on any atom is 0.243 e. The molecule has 0 aliphatic heterocycles. The van der Waals surface area contributed by atoms with Gasteiger partial charge in [0.15, 0.2) is 0 Å². The largest absolute Gasteiger partial charge is 0.354 e. The van der Waals surface area contributed by atoms with Gasteiger partial charge in [-0.05, 0) is 54.5 Å². The van der Waals surface area contributed by atoms with E-state index in [0.29, 0.717) is 25.1 Å². The molecule has 41 heavy (non-hydrogen) atoms. The average Bonchev–Trinajstić information content (AvgIpc) is 2.94. The lowest BCUT2D eigenvalue weighted by Crippen LogP contribution is -2.51. The van der Waals surface area contributed by atoms with Crippen molar-refractivity contribution in [2.45, 2.75) is 59.5 Å². The molecular formula is C33H43N3O4S. The van der Waals surface area contributed by atoms with Gasteiger partial charge in [0.1, 0.15) is 6.04 Å². The number of hydrogen-bond donors (Lipinski definition) is 1. The van der Waals surface area contributed by atoms with Crippen LogP contribution in [0.5, 0.6) is 0 Å². The van der Waals surface area contributed by atoms with Gasteiger partial charge < -0.3 is 10.2 Å². The SMILES string of the molecule is Cc1cccc(N(CCCC(=O)N(Cc2ccccc2)[C@H](Cc2ccccc2)C(=O)NCC(C)C)S(C)(=O)=O)c1C. The van der Waals surface area contributed by atoms with Gasteiger partial charge in [0.2, 0.25) is 21.8 Å². The summed E-state index contributed by atoms with van der Waals surface area (Å²) in [6.45, 7) is 8.86. The van der Waals surface area contributed by atoms with Gasteiger partial charge in [0.25, 0.3) is 0 Å². The van der Waals surface area contributed by atoms with Gasteiger partial charge >= 0.3 is 0 Å². The highest BCUT2D eigenvalue weighted by molar-refractivity contribution is 7.92. The van der Waals surface area contributed by atoms with Gasteiger partial charge in [-0.3, -0.25) is 13.9 Å². The second kappa shape index (κ2) is 14.8. The highest BCUT2D eigenvalue weighted by atomic mass is 32.2. The molecular weight excluding hydrogens is 534 g/mol. The number of sulfonamides is 1. The fourth-order valence-electron chi connectivity index (χ4n) is 4.74. The predicted octanol–water partition coefficient (Wildman–Crippen LogP) is 5.26. The molecule has 1 N–H and O–H groups in total. The molecule has 8 heteroatoms. The lowest BCUT2D eigenvalue weighted by atomic mass is 10.0. The molecule has 220 valence electrons. The Bertz CT molecular complexity index is 1390. The van der Waals surface area contributed by atoms with Crippen LogP contribution in [0.1, 0.15) is 48.9 Å². The van der Waals surface area contributed by atoms with Gasteiger partial charge in [-0.2, -0.15) is 0 Å². The summed E-state index contributed by atoms with van der Waals surface area (Å²) in [5.41, 5.74) is 4.39. The number of aryl methyl sites for hydroxylation is 1. The summed E-state index contributed by atoms with van der Waals surface area (Å²) < 4.78 is 26.9. The first kappa shape index (κ1) is 31.9. The minimum absolute atomic E-state index is 0.104. The highest BCUT2D eigenvalue weighted by Gasteiger charge is 2.30. The molecule has 0 unspecified atom stereocenters. The highest BCUT2D eigenvalue weighted by Crippen LogP contribution is 2.26. The Labute approximate surface area is 245 Å². The number of hydrogen-bond acceptors (Lipinski definition) is 4. The first-order valence-corrected chi connectivity index (χ1v) is 16.0. The molecule has 0 bridgehead atoms. The number of nitrogens with one attached hydrogen (secondary N) is 1. The van der Waals surface area contributed by atoms with E-state index in [1.807, 2.05) is 100 Å². The zero-order valence-corrected chi connectivity index (χ0v) is 25.7. The van der Waals surface area contributed by atoms with Crippen LogP contribution in [0.4, 0.5) is 5.69 Å². The van der Waals surface area contributed by atoms with Gasteiger partial charge in [-0.15, -0.1) is 0 Å². The lowest BCUT2D eigenvalue weighted by molar-refractivity contribution is -0.141. The Kier molecular flexibility index (Phi) is 11.5. The van der Waals surface area contributed by atoms with Gasteiger partial charge in [0, 0.05) is 32.5 Å². The minimum atomic E-state index is -3.57. The van der Waals surface area contributed by atoms with Crippen LogP contribution < -0.4 is 9.62 Å². The quantitative estimate of drug-likeness (QED) is 0.283. The van der Waals surface area contributed by atoms with Crippen LogP contribution in [-0.4, -0.2) is 50.5 Å². The second-order valence-corrected chi connectivity index (χ2v) is 12.9. The molecule has 0 saturated heterocycles. The summed E-state index contributed by atoms with van der Waals surface area (Å²) in [5, 5.41) is 3.03. The molecule has 0 saturated carbocycles. The van der Waals surface area contributed by atoms with Crippen LogP contribution >= 0.6 is 0 Å². The predicted molar refractivity (Wildman–Crippen MR) is 166 cm³/mol. The number of amides is 2. The number of nitrogens with zero attached hydrogens (tertiary/aromatic N) is 2. The molecule has 0 aliphatic carbocycles. The average molecular weight is 578 g/mol. The Hall–Kier alpha value is -3.65. The van der Waals surface area contributed by atoms with Gasteiger partial charge in [0.05, 0.1) is 11.9 Å². The normalized spacial score (nSPS) is 12.1. The second-order valence-electron chi connectivity index (χ2n) is 11.0.